The van der Waals surface area contributed by atoms with E-state index in [-0.39, 0.29) is 10.8 Å². The second-order valence-corrected chi connectivity index (χ2v) is 8.33. The molecule has 2 aliphatic heterocycles. The maximum absolute atomic E-state index is 12.7. The van der Waals surface area contributed by atoms with E-state index >= 15 is 0 Å². The minimum absolute atomic E-state index is 0.115. The van der Waals surface area contributed by atoms with Gasteiger partial charge in [0.2, 0.25) is 10.0 Å². The van der Waals surface area contributed by atoms with Crippen LogP contribution in [0.4, 0.5) is 0 Å². The van der Waals surface area contributed by atoms with Crippen LogP contribution in [0.15, 0.2) is 29.2 Å². The van der Waals surface area contributed by atoms with Crippen LogP contribution in [0.2, 0.25) is 0 Å². The van der Waals surface area contributed by atoms with Crippen molar-refractivity contribution in [2.75, 3.05) is 32.8 Å². The summed E-state index contributed by atoms with van der Waals surface area (Å²) in [4.78, 5) is 25.5. The van der Waals surface area contributed by atoms with Crippen molar-refractivity contribution >= 4 is 21.9 Å². The molecule has 1 N–H and O–H groups in total. The van der Waals surface area contributed by atoms with Crippen LogP contribution >= 0.6 is 0 Å². The highest BCUT2D eigenvalue weighted by Gasteiger charge is 2.33. The number of rotatable bonds is 4. The third-order valence-electron chi connectivity index (χ3n) is 4.76. The Hall–Kier alpha value is -1.97. The highest BCUT2D eigenvalue weighted by molar-refractivity contribution is 7.89. The Balaban J connectivity index is 1.78. The number of hydrogen-bond acceptors (Lipinski definition) is 5. The van der Waals surface area contributed by atoms with Gasteiger partial charge in [-0.2, -0.15) is 4.31 Å². The summed E-state index contributed by atoms with van der Waals surface area (Å²) in [6, 6.07) is 4.87. The van der Waals surface area contributed by atoms with E-state index in [1.165, 1.54) is 33.5 Å². The SMILES string of the molecule is O=C(O)C1CCCCN1C(=O)c1ccc(S(=O)(=O)N2CCOCC2)cc1. The quantitative estimate of drug-likeness (QED) is 0.826. The minimum atomic E-state index is -3.62. The number of morpholine rings is 1. The zero-order valence-electron chi connectivity index (χ0n) is 14.3. The van der Waals surface area contributed by atoms with Crippen molar-refractivity contribution in [1.29, 1.82) is 0 Å². The predicted octanol–water partition coefficient (Wildman–Crippen LogP) is 0.787. The normalized spacial score (nSPS) is 22.2. The van der Waals surface area contributed by atoms with Crippen molar-refractivity contribution < 1.29 is 27.9 Å². The fourth-order valence-corrected chi connectivity index (χ4v) is 4.71. The van der Waals surface area contributed by atoms with E-state index < -0.39 is 22.0 Å². The van der Waals surface area contributed by atoms with Crippen molar-refractivity contribution in [2.24, 2.45) is 0 Å². The van der Waals surface area contributed by atoms with Crippen LogP contribution in [0, 0.1) is 0 Å². The third-order valence-corrected chi connectivity index (χ3v) is 6.67. The predicted molar refractivity (Wildman–Crippen MR) is 92.3 cm³/mol. The first kappa shape index (κ1) is 18.8. The highest BCUT2D eigenvalue weighted by atomic mass is 32.2. The number of likely N-dealkylation sites (tertiary alicyclic amines) is 1. The lowest BCUT2D eigenvalue weighted by molar-refractivity contribution is -0.143. The lowest BCUT2D eigenvalue weighted by Gasteiger charge is -2.33. The van der Waals surface area contributed by atoms with Crippen LogP contribution < -0.4 is 0 Å². The maximum Gasteiger partial charge on any atom is 0.326 e. The molecule has 1 amide bonds. The molecule has 1 atom stereocenters. The maximum atomic E-state index is 12.7. The molecule has 0 saturated carbocycles. The molecular weight excluding hydrogens is 360 g/mol. The van der Waals surface area contributed by atoms with E-state index in [1.807, 2.05) is 0 Å². The number of ether oxygens (including phenoxy) is 1. The number of carbonyl (C=O) groups is 2. The van der Waals surface area contributed by atoms with Gasteiger partial charge in [-0.15, -0.1) is 0 Å². The minimum Gasteiger partial charge on any atom is -0.480 e. The van der Waals surface area contributed by atoms with Gasteiger partial charge in [-0.1, -0.05) is 0 Å². The summed E-state index contributed by atoms with van der Waals surface area (Å²) >= 11 is 0. The molecule has 2 saturated heterocycles. The van der Waals surface area contributed by atoms with Gasteiger partial charge in [0.15, 0.2) is 0 Å². The molecule has 2 heterocycles. The van der Waals surface area contributed by atoms with Crippen molar-refractivity contribution in [3.05, 3.63) is 29.8 Å². The molecule has 8 nitrogen and oxygen atoms in total. The second-order valence-electron chi connectivity index (χ2n) is 6.39. The number of amides is 1. The first-order valence-electron chi connectivity index (χ1n) is 8.63. The summed E-state index contributed by atoms with van der Waals surface area (Å²) in [5.74, 6) is -1.39. The van der Waals surface area contributed by atoms with Gasteiger partial charge in [-0.25, -0.2) is 13.2 Å². The molecule has 0 radical (unpaired) electrons. The van der Waals surface area contributed by atoms with Crippen molar-refractivity contribution in [1.82, 2.24) is 9.21 Å². The van der Waals surface area contributed by atoms with E-state index in [1.54, 1.807) is 0 Å². The Labute approximate surface area is 152 Å². The zero-order chi connectivity index (χ0) is 18.7. The van der Waals surface area contributed by atoms with E-state index in [0.717, 1.165) is 12.8 Å². The van der Waals surface area contributed by atoms with Crippen molar-refractivity contribution in [2.45, 2.75) is 30.2 Å². The Morgan fingerprint density at radius 2 is 1.69 bits per heavy atom. The number of sulfonamides is 1. The number of hydrogen-bond donors (Lipinski definition) is 1. The molecule has 2 fully saturated rings. The number of piperidine rings is 1. The Bertz CT molecular complexity index is 771. The molecule has 1 aromatic carbocycles. The van der Waals surface area contributed by atoms with E-state index in [0.29, 0.717) is 44.8 Å². The highest BCUT2D eigenvalue weighted by Crippen LogP contribution is 2.22. The number of carbonyl (C=O) groups excluding carboxylic acids is 1. The Morgan fingerprint density at radius 3 is 2.31 bits per heavy atom. The van der Waals surface area contributed by atoms with Crippen LogP contribution in [-0.4, -0.2) is 73.5 Å². The fraction of sp³-hybridized carbons (Fsp3) is 0.529. The van der Waals surface area contributed by atoms with Gasteiger partial charge in [0.05, 0.1) is 18.1 Å². The van der Waals surface area contributed by atoms with Crippen LogP contribution in [0.1, 0.15) is 29.6 Å². The monoisotopic (exact) mass is 382 g/mol. The summed E-state index contributed by atoms with van der Waals surface area (Å²) < 4.78 is 31.8. The molecular formula is C17H22N2O6S. The first-order chi connectivity index (χ1) is 12.4. The van der Waals surface area contributed by atoms with Gasteiger partial charge in [0, 0.05) is 25.2 Å². The lowest BCUT2D eigenvalue weighted by Crippen LogP contribution is -2.48. The molecule has 9 heteroatoms. The van der Waals surface area contributed by atoms with Gasteiger partial charge in [-0.05, 0) is 43.5 Å². The molecule has 1 unspecified atom stereocenters. The molecule has 0 aromatic heterocycles. The molecule has 0 bridgehead atoms. The van der Waals surface area contributed by atoms with Crippen molar-refractivity contribution in [3.8, 4) is 0 Å². The Morgan fingerprint density at radius 1 is 1.04 bits per heavy atom. The van der Waals surface area contributed by atoms with Crippen LogP contribution in [0.5, 0.6) is 0 Å². The van der Waals surface area contributed by atoms with Crippen LogP contribution in [-0.2, 0) is 19.6 Å². The van der Waals surface area contributed by atoms with Gasteiger partial charge in [0.25, 0.3) is 5.91 Å². The standard InChI is InChI=1S/C17H22N2O6S/c20-16(19-8-2-1-3-15(19)17(21)22)13-4-6-14(7-5-13)26(23,24)18-9-11-25-12-10-18/h4-7,15H,1-3,8-12H2,(H,21,22). The number of benzene rings is 1. The zero-order valence-corrected chi connectivity index (χ0v) is 15.2. The summed E-state index contributed by atoms with van der Waals surface area (Å²) in [6.45, 7) is 1.72. The average Bonchev–Trinajstić information content (AvgIpc) is 2.68. The fourth-order valence-electron chi connectivity index (χ4n) is 3.30. The van der Waals surface area contributed by atoms with Crippen molar-refractivity contribution in [3.63, 3.8) is 0 Å². The molecule has 142 valence electrons. The molecule has 2 aliphatic rings. The third kappa shape index (κ3) is 3.74. The number of carboxylic acid groups (broad SMARTS) is 1. The van der Waals surface area contributed by atoms with Gasteiger partial charge < -0.3 is 14.7 Å². The average molecular weight is 382 g/mol. The molecule has 0 spiro atoms. The lowest BCUT2D eigenvalue weighted by atomic mass is 10.0. The first-order valence-corrected chi connectivity index (χ1v) is 10.1. The molecule has 26 heavy (non-hydrogen) atoms. The summed E-state index contributed by atoms with van der Waals surface area (Å²) in [5, 5.41) is 9.31. The summed E-state index contributed by atoms with van der Waals surface area (Å²) in [6.07, 6.45) is 1.97. The Kier molecular flexibility index (Phi) is 5.59. The van der Waals surface area contributed by atoms with E-state index in [4.69, 9.17) is 4.74 Å². The van der Waals surface area contributed by atoms with E-state index in [2.05, 4.69) is 0 Å². The van der Waals surface area contributed by atoms with Gasteiger partial charge >= 0.3 is 5.97 Å². The summed E-state index contributed by atoms with van der Waals surface area (Å²) in [5.41, 5.74) is 0.291. The van der Waals surface area contributed by atoms with Gasteiger partial charge in [0.1, 0.15) is 6.04 Å². The largest absolute Gasteiger partial charge is 0.480 e. The van der Waals surface area contributed by atoms with Gasteiger partial charge in [-0.3, -0.25) is 4.79 Å². The smallest absolute Gasteiger partial charge is 0.326 e. The van der Waals surface area contributed by atoms with Crippen LogP contribution in [0.3, 0.4) is 0 Å². The van der Waals surface area contributed by atoms with E-state index in [9.17, 15) is 23.1 Å². The number of aliphatic carboxylic acids is 1. The number of nitrogens with zero attached hydrogens (tertiary/aromatic N) is 2. The van der Waals surface area contributed by atoms with Crippen LogP contribution in [0.25, 0.3) is 0 Å². The molecule has 1 aromatic rings. The second kappa shape index (κ2) is 7.73. The number of carboxylic acids is 1. The molecule has 0 aliphatic carbocycles. The molecule has 3 rings (SSSR count). The summed E-state index contributed by atoms with van der Waals surface area (Å²) in [7, 11) is -3.62. The topological polar surface area (TPSA) is 104 Å².